The fraction of sp³-hybridized carbons (Fsp3) is 0.100. The Morgan fingerprint density at radius 3 is 2.32 bits per heavy atom. The fourth-order valence-electron chi connectivity index (χ4n) is 4.01. The number of carbonyl (C=O) groups is 1. The van der Waals surface area contributed by atoms with Crippen molar-refractivity contribution in [3.05, 3.63) is 108 Å². The molecule has 184 valence electrons. The number of fused-ring (bicyclic) bond motifs is 1. The van der Waals surface area contributed by atoms with Crippen LogP contribution in [-0.2, 0) is 6.61 Å². The van der Waals surface area contributed by atoms with Gasteiger partial charge in [0.2, 0.25) is 5.95 Å². The number of benzene rings is 4. The summed E-state index contributed by atoms with van der Waals surface area (Å²) < 4.78 is 11.8. The number of carbonyl (C=O) groups excluding carboxylic acids is 1. The van der Waals surface area contributed by atoms with Gasteiger partial charge >= 0.3 is 0 Å². The van der Waals surface area contributed by atoms with E-state index in [-0.39, 0.29) is 5.91 Å². The summed E-state index contributed by atoms with van der Waals surface area (Å²) in [6, 6.07) is 30.4. The highest BCUT2D eigenvalue weighted by molar-refractivity contribution is 6.04. The Kier molecular flexibility index (Phi) is 6.94. The summed E-state index contributed by atoms with van der Waals surface area (Å²) in [7, 11) is 3.38. The van der Waals surface area contributed by atoms with Gasteiger partial charge in [-0.05, 0) is 35.9 Å². The van der Waals surface area contributed by atoms with Crippen LogP contribution in [0.25, 0.3) is 22.2 Å². The molecule has 5 aromatic rings. The van der Waals surface area contributed by atoms with Gasteiger partial charge in [0, 0.05) is 35.3 Å². The van der Waals surface area contributed by atoms with Gasteiger partial charge in [-0.25, -0.2) is 9.97 Å². The molecule has 0 aliphatic heterocycles. The minimum absolute atomic E-state index is 0.178. The van der Waals surface area contributed by atoms with Crippen LogP contribution in [0.5, 0.6) is 11.5 Å². The third-order valence-electron chi connectivity index (χ3n) is 5.87. The van der Waals surface area contributed by atoms with Crippen molar-refractivity contribution in [3.8, 4) is 22.8 Å². The molecule has 1 heterocycles. The van der Waals surface area contributed by atoms with Crippen molar-refractivity contribution in [2.24, 2.45) is 0 Å². The lowest BCUT2D eigenvalue weighted by molar-refractivity contribution is 0.102. The van der Waals surface area contributed by atoms with Gasteiger partial charge < -0.3 is 20.1 Å². The molecule has 0 spiro atoms. The van der Waals surface area contributed by atoms with E-state index < -0.39 is 0 Å². The predicted octanol–water partition coefficient (Wildman–Crippen LogP) is 6.18. The first kappa shape index (κ1) is 23.8. The van der Waals surface area contributed by atoms with Crippen LogP contribution in [-0.4, -0.2) is 30.0 Å². The van der Waals surface area contributed by atoms with Crippen molar-refractivity contribution in [3.63, 3.8) is 0 Å². The van der Waals surface area contributed by atoms with Crippen molar-refractivity contribution in [2.45, 2.75) is 6.61 Å². The number of rotatable bonds is 8. The van der Waals surface area contributed by atoms with Gasteiger partial charge in [-0.2, -0.15) is 0 Å². The Balaban J connectivity index is 1.53. The zero-order valence-corrected chi connectivity index (χ0v) is 20.6. The second-order valence-electron chi connectivity index (χ2n) is 8.34. The third-order valence-corrected chi connectivity index (χ3v) is 5.87. The van der Waals surface area contributed by atoms with Crippen LogP contribution in [0.4, 0.5) is 11.6 Å². The monoisotopic (exact) mass is 490 g/mol. The lowest BCUT2D eigenvalue weighted by Gasteiger charge is -2.15. The summed E-state index contributed by atoms with van der Waals surface area (Å²) in [4.78, 5) is 22.1. The first-order valence-corrected chi connectivity index (χ1v) is 11.9. The molecule has 0 radical (unpaired) electrons. The maximum atomic E-state index is 12.7. The molecule has 37 heavy (non-hydrogen) atoms. The van der Waals surface area contributed by atoms with E-state index in [1.54, 1.807) is 26.3 Å². The molecule has 2 N–H and O–H groups in total. The molecule has 0 saturated heterocycles. The molecule has 7 nitrogen and oxygen atoms in total. The Hall–Kier alpha value is -4.91. The number of methoxy groups -OCH3 is 1. The molecule has 0 aliphatic rings. The van der Waals surface area contributed by atoms with E-state index in [9.17, 15) is 4.79 Å². The van der Waals surface area contributed by atoms with Crippen molar-refractivity contribution < 1.29 is 14.3 Å². The molecular weight excluding hydrogens is 464 g/mol. The maximum Gasteiger partial charge on any atom is 0.255 e. The van der Waals surface area contributed by atoms with Crippen molar-refractivity contribution in [1.82, 2.24) is 9.97 Å². The standard InChI is InChI=1S/C30H26N4O3/c1-31-30-33-25-18-26(36-2)27(37-19-20-10-5-3-6-11-20)17-24(25)28(34-30)22-14-9-15-23(16-22)32-29(35)21-12-7-4-8-13-21/h3-18H,19H2,1-2H3,(H,32,35)(H,31,33,34). The van der Waals surface area contributed by atoms with E-state index >= 15 is 0 Å². The number of nitrogens with zero attached hydrogens (tertiary/aromatic N) is 2. The Morgan fingerprint density at radius 1 is 0.838 bits per heavy atom. The molecule has 0 bridgehead atoms. The number of anilines is 2. The zero-order valence-electron chi connectivity index (χ0n) is 20.6. The van der Waals surface area contributed by atoms with Gasteiger partial charge in [0.25, 0.3) is 5.91 Å². The Morgan fingerprint density at radius 2 is 1.59 bits per heavy atom. The van der Waals surface area contributed by atoms with E-state index in [2.05, 4.69) is 15.6 Å². The van der Waals surface area contributed by atoms with Crippen molar-refractivity contribution in [2.75, 3.05) is 24.8 Å². The second kappa shape index (κ2) is 10.8. The lowest BCUT2D eigenvalue weighted by Crippen LogP contribution is -2.11. The van der Waals surface area contributed by atoms with Crippen LogP contribution >= 0.6 is 0 Å². The van der Waals surface area contributed by atoms with E-state index in [0.717, 1.165) is 16.5 Å². The summed E-state index contributed by atoms with van der Waals surface area (Å²) in [5.41, 5.74) is 4.54. The van der Waals surface area contributed by atoms with Gasteiger partial charge in [-0.15, -0.1) is 0 Å². The number of ether oxygens (including phenoxy) is 2. The van der Waals surface area contributed by atoms with Gasteiger partial charge in [0.05, 0.1) is 18.3 Å². The van der Waals surface area contributed by atoms with Crippen molar-refractivity contribution in [1.29, 1.82) is 0 Å². The third kappa shape index (κ3) is 5.36. The molecular formula is C30H26N4O3. The SMILES string of the molecule is CNc1nc(-c2cccc(NC(=O)c3ccccc3)c2)c2cc(OCc3ccccc3)c(OC)cc2n1. The highest BCUT2D eigenvalue weighted by atomic mass is 16.5. The summed E-state index contributed by atoms with van der Waals surface area (Å²) >= 11 is 0. The van der Waals surface area contributed by atoms with Gasteiger partial charge in [0.1, 0.15) is 6.61 Å². The van der Waals surface area contributed by atoms with E-state index in [0.29, 0.717) is 46.5 Å². The number of hydrogen-bond donors (Lipinski definition) is 2. The van der Waals surface area contributed by atoms with Gasteiger partial charge in [-0.3, -0.25) is 4.79 Å². The lowest BCUT2D eigenvalue weighted by atomic mass is 10.0. The van der Waals surface area contributed by atoms with E-state index in [4.69, 9.17) is 14.5 Å². The van der Waals surface area contributed by atoms with Crippen LogP contribution in [0.1, 0.15) is 15.9 Å². The zero-order chi connectivity index (χ0) is 25.6. The van der Waals surface area contributed by atoms with Crippen LogP contribution < -0.4 is 20.1 Å². The second-order valence-corrected chi connectivity index (χ2v) is 8.34. The van der Waals surface area contributed by atoms with Crippen LogP contribution in [0, 0.1) is 0 Å². The van der Waals surface area contributed by atoms with Crippen LogP contribution in [0.15, 0.2) is 97.1 Å². The number of hydrogen-bond acceptors (Lipinski definition) is 6. The average Bonchev–Trinajstić information content (AvgIpc) is 2.96. The Bertz CT molecular complexity index is 1540. The molecule has 0 unspecified atom stereocenters. The van der Waals surface area contributed by atoms with E-state index in [1.165, 1.54) is 0 Å². The highest BCUT2D eigenvalue weighted by Crippen LogP contribution is 2.37. The predicted molar refractivity (Wildman–Crippen MR) is 146 cm³/mol. The summed E-state index contributed by atoms with van der Waals surface area (Å²) in [5, 5.41) is 6.80. The largest absolute Gasteiger partial charge is 0.493 e. The average molecular weight is 491 g/mol. The first-order chi connectivity index (χ1) is 18.1. The molecule has 7 heteroatoms. The smallest absolute Gasteiger partial charge is 0.255 e. The quantitative estimate of drug-likeness (QED) is 0.270. The number of nitrogens with one attached hydrogen (secondary N) is 2. The molecule has 1 aromatic heterocycles. The minimum Gasteiger partial charge on any atom is -0.493 e. The summed E-state index contributed by atoms with van der Waals surface area (Å²) in [6.45, 7) is 0.397. The minimum atomic E-state index is -0.178. The van der Waals surface area contributed by atoms with Gasteiger partial charge in [0.15, 0.2) is 11.5 Å². The molecule has 5 rings (SSSR count). The normalized spacial score (nSPS) is 10.6. The van der Waals surface area contributed by atoms with Crippen molar-refractivity contribution >= 4 is 28.4 Å². The van der Waals surface area contributed by atoms with Gasteiger partial charge in [-0.1, -0.05) is 60.7 Å². The number of aromatic nitrogens is 2. The molecule has 0 saturated carbocycles. The highest BCUT2D eigenvalue weighted by Gasteiger charge is 2.16. The van der Waals surface area contributed by atoms with Crippen LogP contribution in [0.3, 0.4) is 0 Å². The molecule has 0 fully saturated rings. The topological polar surface area (TPSA) is 85.4 Å². The molecule has 4 aromatic carbocycles. The molecule has 1 amide bonds. The maximum absolute atomic E-state index is 12.7. The summed E-state index contributed by atoms with van der Waals surface area (Å²) in [5.74, 6) is 1.47. The Labute approximate surface area is 215 Å². The first-order valence-electron chi connectivity index (χ1n) is 11.9. The molecule has 0 aliphatic carbocycles. The van der Waals surface area contributed by atoms with Crippen LogP contribution in [0.2, 0.25) is 0 Å². The number of amides is 1. The summed E-state index contributed by atoms with van der Waals surface area (Å²) in [6.07, 6.45) is 0. The molecule has 0 atom stereocenters. The van der Waals surface area contributed by atoms with E-state index in [1.807, 2.05) is 84.9 Å². The fourth-order valence-corrected chi connectivity index (χ4v) is 4.01.